The molecule has 3 nitrogen and oxygen atoms in total. The zero-order valence-corrected chi connectivity index (χ0v) is 7.97. The molecule has 0 radical (unpaired) electrons. The highest BCUT2D eigenvalue weighted by atomic mass is 35.5. The van der Waals surface area contributed by atoms with Crippen LogP contribution < -0.4 is 4.90 Å². The Labute approximate surface area is 81.6 Å². The molecule has 4 heteroatoms. The van der Waals surface area contributed by atoms with Gasteiger partial charge in [-0.2, -0.15) is 5.26 Å². The van der Waals surface area contributed by atoms with Crippen molar-refractivity contribution < 1.29 is 0 Å². The Morgan fingerprint density at radius 1 is 1.69 bits per heavy atom. The van der Waals surface area contributed by atoms with Gasteiger partial charge in [0, 0.05) is 13.6 Å². The smallest absolute Gasteiger partial charge is 0.149 e. The second kappa shape index (κ2) is 2.90. The number of hydrogen-bond acceptors (Lipinski definition) is 3. The van der Waals surface area contributed by atoms with Crippen LogP contribution in [0.25, 0.3) is 0 Å². The average Bonchev–Trinajstić information content (AvgIpc) is 2.47. The van der Waals surface area contributed by atoms with Gasteiger partial charge in [0.1, 0.15) is 17.0 Å². The summed E-state index contributed by atoms with van der Waals surface area (Å²) in [5, 5.41) is 9.03. The van der Waals surface area contributed by atoms with Crippen molar-refractivity contribution in [3.63, 3.8) is 0 Å². The van der Waals surface area contributed by atoms with E-state index in [4.69, 9.17) is 16.9 Å². The normalized spacial score (nSPS) is 14.1. The van der Waals surface area contributed by atoms with Crippen molar-refractivity contribution in [2.24, 2.45) is 0 Å². The molecule has 0 aliphatic carbocycles. The maximum absolute atomic E-state index is 8.73. The number of rotatable bonds is 0. The van der Waals surface area contributed by atoms with Gasteiger partial charge in [0.05, 0.1) is 5.56 Å². The van der Waals surface area contributed by atoms with Crippen LogP contribution >= 0.6 is 11.6 Å². The van der Waals surface area contributed by atoms with E-state index in [0.29, 0.717) is 10.7 Å². The molecule has 1 aromatic heterocycles. The van der Waals surface area contributed by atoms with Crippen LogP contribution in [0.1, 0.15) is 11.1 Å². The molecule has 66 valence electrons. The molecule has 0 atom stereocenters. The van der Waals surface area contributed by atoms with E-state index in [9.17, 15) is 0 Å². The predicted octanol–water partition coefficient (Wildman–Crippen LogP) is 1.60. The highest BCUT2D eigenvalue weighted by molar-refractivity contribution is 6.30. The summed E-state index contributed by atoms with van der Waals surface area (Å²) >= 11 is 5.81. The van der Waals surface area contributed by atoms with Gasteiger partial charge in [-0.05, 0) is 18.1 Å². The summed E-state index contributed by atoms with van der Waals surface area (Å²) in [6, 6.07) is 3.85. The molecule has 1 aliphatic rings. The first-order valence-corrected chi connectivity index (χ1v) is 4.41. The Hall–Kier alpha value is -1.27. The van der Waals surface area contributed by atoms with Crippen LogP contribution in [0.15, 0.2) is 6.07 Å². The fourth-order valence-corrected chi connectivity index (χ4v) is 1.69. The van der Waals surface area contributed by atoms with Crippen LogP contribution in [0.4, 0.5) is 5.82 Å². The van der Waals surface area contributed by atoms with Crippen LogP contribution in [0.5, 0.6) is 0 Å². The standard InChI is InChI=1S/C9H8ClN3/c1-13-3-2-6-4-7(5-11)8(10)12-9(6)13/h4H,2-3H2,1H3. The van der Waals surface area contributed by atoms with Crippen LogP contribution in [-0.2, 0) is 6.42 Å². The first kappa shape index (κ1) is 8.33. The molecule has 13 heavy (non-hydrogen) atoms. The summed E-state index contributed by atoms with van der Waals surface area (Å²) in [5.74, 6) is 0.906. The molecule has 0 saturated carbocycles. The molecular formula is C9H8ClN3. The van der Waals surface area contributed by atoms with Crippen LogP contribution in [-0.4, -0.2) is 18.6 Å². The number of fused-ring (bicyclic) bond motifs is 1. The third kappa shape index (κ3) is 1.24. The lowest BCUT2D eigenvalue weighted by molar-refractivity contribution is 0.946. The molecule has 1 aromatic rings. The average molecular weight is 194 g/mol. The lowest BCUT2D eigenvalue weighted by atomic mass is 10.2. The molecule has 2 heterocycles. The minimum Gasteiger partial charge on any atom is -0.359 e. The molecule has 2 rings (SSSR count). The van der Waals surface area contributed by atoms with Crippen molar-refractivity contribution in [2.45, 2.75) is 6.42 Å². The number of likely N-dealkylation sites (N-methyl/N-ethyl adjacent to an activating group) is 1. The molecule has 1 aliphatic heterocycles. The predicted molar refractivity (Wildman–Crippen MR) is 50.9 cm³/mol. The van der Waals surface area contributed by atoms with Gasteiger partial charge in [0.2, 0.25) is 0 Å². The Morgan fingerprint density at radius 2 is 2.46 bits per heavy atom. The van der Waals surface area contributed by atoms with Crippen molar-refractivity contribution in [1.82, 2.24) is 4.98 Å². The van der Waals surface area contributed by atoms with Gasteiger partial charge in [0.25, 0.3) is 0 Å². The maximum Gasteiger partial charge on any atom is 0.149 e. The molecule has 0 spiro atoms. The van der Waals surface area contributed by atoms with Crippen molar-refractivity contribution in [3.8, 4) is 6.07 Å². The fraction of sp³-hybridized carbons (Fsp3) is 0.333. The van der Waals surface area contributed by atoms with E-state index in [1.54, 1.807) is 0 Å². The number of nitriles is 1. The summed E-state index contributed by atoms with van der Waals surface area (Å²) in [5.41, 5.74) is 1.58. The number of halogens is 1. The van der Waals surface area contributed by atoms with E-state index < -0.39 is 0 Å². The molecule has 0 bridgehead atoms. The molecule has 0 aromatic carbocycles. The minimum absolute atomic E-state index is 0.301. The van der Waals surface area contributed by atoms with Crippen molar-refractivity contribution in [1.29, 1.82) is 5.26 Å². The van der Waals surface area contributed by atoms with Gasteiger partial charge in [-0.25, -0.2) is 4.98 Å². The zero-order chi connectivity index (χ0) is 9.42. The summed E-state index contributed by atoms with van der Waals surface area (Å²) in [6.07, 6.45) is 0.949. The van der Waals surface area contributed by atoms with Crippen LogP contribution in [0.3, 0.4) is 0 Å². The fourth-order valence-electron chi connectivity index (χ4n) is 1.51. The summed E-state index contributed by atoms with van der Waals surface area (Å²) in [6.45, 7) is 0.952. The Morgan fingerprint density at radius 3 is 3.15 bits per heavy atom. The summed E-state index contributed by atoms with van der Waals surface area (Å²) in [4.78, 5) is 6.22. The Bertz CT molecular complexity index is 395. The molecule has 0 fully saturated rings. The van der Waals surface area contributed by atoms with Crippen LogP contribution in [0.2, 0.25) is 5.15 Å². The van der Waals surface area contributed by atoms with Crippen molar-refractivity contribution >= 4 is 17.4 Å². The van der Waals surface area contributed by atoms with E-state index in [1.807, 2.05) is 24.1 Å². The lowest BCUT2D eigenvalue weighted by Crippen LogP contribution is -2.13. The maximum atomic E-state index is 8.73. The number of hydrogen-bond donors (Lipinski definition) is 0. The van der Waals surface area contributed by atoms with Gasteiger partial charge < -0.3 is 4.90 Å². The van der Waals surface area contributed by atoms with E-state index in [1.165, 1.54) is 0 Å². The van der Waals surface area contributed by atoms with Gasteiger partial charge in [-0.1, -0.05) is 11.6 Å². The van der Waals surface area contributed by atoms with Crippen molar-refractivity contribution in [3.05, 3.63) is 22.3 Å². The molecular weight excluding hydrogens is 186 g/mol. The lowest BCUT2D eigenvalue weighted by Gasteiger charge is -2.10. The number of pyridine rings is 1. The van der Waals surface area contributed by atoms with E-state index >= 15 is 0 Å². The summed E-state index contributed by atoms with van der Waals surface area (Å²) in [7, 11) is 1.97. The number of nitrogens with zero attached hydrogens (tertiary/aromatic N) is 3. The quantitative estimate of drug-likeness (QED) is 0.588. The molecule has 0 saturated heterocycles. The zero-order valence-electron chi connectivity index (χ0n) is 7.21. The second-order valence-corrected chi connectivity index (χ2v) is 3.45. The number of anilines is 1. The van der Waals surface area contributed by atoms with Gasteiger partial charge in [-0.15, -0.1) is 0 Å². The Kier molecular flexibility index (Phi) is 1.86. The second-order valence-electron chi connectivity index (χ2n) is 3.09. The van der Waals surface area contributed by atoms with Gasteiger partial charge in [-0.3, -0.25) is 0 Å². The first-order chi connectivity index (χ1) is 6.22. The van der Waals surface area contributed by atoms with E-state index in [-0.39, 0.29) is 0 Å². The largest absolute Gasteiger partial charge is 0.359 e. The topological polar surface area (TPSA) is 39.9 Å². The number of aromatic nitrogens is 1. The molecule has 0 amide bonds. The van der Waals surface area contributed by atoms with Gasteiger partial charge >= 0.3 is 0 Å². The van der Waals surface area contributed by atoms with E-state index in [0.717, 1.165) is 24.3 Å². The minimum atomic E-state index is 0.301. The third-order valence-corrected chi connectivity index (χ3v) is 2.52. The highest BCUT2D eigenvalue weighted by Gasteiger charge is 2.19. The SMILES string of the molecule is CN1CCc2cc(C#N)c(Cl)nc21. The van der Waals surface area contributed by atoms with Crippen molar-refractivity contribution in [2.75, 3.05) is 18.5 Å². The molecule has 0 N–H and O–H groups in total. The summed E-state index contributed by atoms with van der Waals surface area (Å²) < 4.78 is 0. The Balaban J connectivity index is 2.58. The third-order valence-electron chi connectivity index (χ3n) is 2.23. The van der Waals surface area contributed by atoms with E-state index in [2.05, 4.69) is 4.98 Å². The highest BCUT2D eigenvalue weighted by Crippen LogP contribution is 2.28. The molecule has 0 unspecified atom stereocenters. The monoisotopic (exact) mass is 193 g/mol. The first-order valence-electron chi connectivity index (χ1n) is 4.03. The van der Waals surface area contributed by atoms with Gasteiger partial charge in [0.15, 0.2) is 0 Å². The van der Waals surface area contributed by atoms with Crippen LogP contribution in [0, 0.1) is 11.3 Å².